The van der Waals surface area contributed by atoms with Gasteiger partial charge in [0.05, 0.1) is 7.11 Å². The van der Waals surface area contributed by atoms with Gasteiger partial charge in [-0.2, -0.15) is 0 Å². The molecule has 1 heterocycles. The minimum absolute atomic E-state index is 0.853. The van der Waals surface area contributed by atoms with Gasteiger partial charge in [-0.05, 0) is 52.3 Å². The van der Waals surface area contributed by atoms with E-state index >= 15 is 0 Å². The van der Waals surface area contributed by atoms with E-state index < -0.39 is 0 Å². The Kier molecular flexibility index (Phi) is 3.64. The van der Waals surface area contributed by atoms with Crippen molar-refractivity contribution in [3.8, 4) is 5.75 Å². The normalized spacial score (nSPS) is 10.1. The van der Waals surface area contributed by atoms with Crippen molar-refractivity contribution in [3.63, 3.8) is 0 Å². The van der Waals surface area contributed by atoms with Gasteiger partial charge in [-0.25, -0.2) is 4.98 Å². The number of rotatable bonds is 3. The molecule has 0 aliphatic rings. The number of methoxy groups -OCH3 is 1. The Labute approximate surface area is 109 Å². The molecule has 1 aromatic carbocycles. The van der Waals surface area contributed by atoms with Crippen molar-refractivity contribution in [2.24, 2.45) is 0 Å². The molecule has 0 unspecified atom stereocenters. The average Bonchev–Trinajstić information content (AvgIpc) is 2.39. The maximum absolute atomic E-state index is 5.13. The third-order valence-electron chi connectivity index (χ3n) is 2.52. The van der Waals surface area contributed by atoms with Crippen molar-refractivity contribution in [1.82, 2.24) is 4.98 Å². The Bertz CT molecular complexity index is 482. The summed E-state index contributed by atoms with van der Waals surface area (Å²) in [7, 11) is 3.65. The zero-order valence-corrected chi connectivity index (χ0v) is 11.3. The maximum Gasteiger partial charge on any atom is 0.132 e. The fraction of sp³-hybridized carbons (Fsp3) is 0.154. The van der Waals surface area contributed by atoms with Crippen LogP contribution in [-0.4, -0.2) is 19.1 Å². The van der Waals surface area contributed by atoms with Gasteiger partial charge in [-0.3, -0.25) is 0 Å². The summed E-state index contributed by atoms with van der Waals surface area (Å²) in [5.74, 6) is 1.75. The standard InChI is InChI=1S/C13H13BrN2O/c1-16(13-8-3-10(14)9-15-13)11-4-6-12(17-2)7-5-11/h3-9H,1-2H3. The monoisotopic (exact) mass is 292 g/mol. The van der Waals surface area contributed by atoms with Crippen LogP contribution in [0.3, 0.4) is 0 Å². The molecule has 2 aromatic rings. The van der Waals surface area contributed by atoms with Crippen molar-refractivity contribution in [1.29, 1.82) is 0 Å². The van der Waals surface area contributed by atoms with E-state index in [1.807, 2.05) is 48.3 Å². The summed E-state index contributed by atoms with van der Waals surface area (Å²) in [5.41, 5.74) is 1.07. The van der Waals surface area contributed by atoms with Crippen molar-refractivity contribution in [2.75, 3.05) is 19.1 Å². The average molecular weight is 293 g/mol. The molecule has 0 amide bonds. The van der Waals surface area contributed by atoms with Gasteiger partial charge in [0.1, 0.15) is 11.6 Å². The van der Waals surface area contributed by atoms with Crippen LogP contribution < -0.4 is 9.64 Å². The molecule has 0 radical (unpaired) electrons. The molecule has 4 heteroatoms. The number of nitrogens with zero attached hydrogens (tertiary/aromatic N) is 2. The third-order valence-corrected chi connectivity index (χ3v) is 2.98. The van der Waals surface area contributed by atoms with E-state index in [1.165, 1.54) is 0 Å². The van der Waals surface area contributed by atoms with Crippen LogP contribution in [0.5, 0.6) is 5.75 Å². The molecule has 0 N–H and O–H groups in total. The number of halogens is 1. The molecule has 0 aliphatic carbocycles. The van der Waals surface area contributed by atoms with Crippen molar-refractivity contribution >= 4 is 27.4 Å². The van der Waals surface area contributed by atoms with Crippen LogP contribution in [-0.2, 0) is 0 Å². The number of pyridine rings is 1. The van der Waals surface area contributed by atoms with E-state index in [1.54, 1.807) is 13.3 Å². The van der Waals surface area contributed by atoms with Gasteiger partial charge < -0.3 is 9.64 Å². The molecule has 3 nitrogen and oxygen atoms in total. The highest BCUT2D eigenvalue weighted by Crippen LogP contribution is 2.24. The zero-order valence-electron chi connectivity index (χ0n) is 9.72. The SMILES string of the molecule is COc1ccc(N(C)c2ccc(Br)cn2)cc1. The first-order chi connectivity index (χ1) is 8.20. The van der Waals surface area contributed by atoms with Gasteiger partial charge in [-0.15, -0.1) is 0 Å². The van der Waals surface area contributed by atoms with E-state index in [0.717, 1.165) is 21.7 Å². The summed E-state index contributed by atoms with van der Waals surface area (Å²) in [6.45, 7) is 0. The van der Waals surface area contributed by atoms with Crippen LogP contribution in [0.15, 0.2) is 47.1 Å². The number of ether oxygens (including phenoxy) is 1. The molecule has 0 spiro atoms. The molecule has 1 aromatic heterocycles. The van der Waals surface area contributed by atoms with Crippen LogP contribution in [0, 0.1) is 0 Å². The molecular weight excluding hydrogens is 280 g/mol. The lowest BCUT2D eigenvalue weighted by Gasteiger charge is -2.18. The second-order valence-corrected chi connectivity index (χ2v) is 4.51. The summed E-state index contributed by atoms with van der Waals surface area (Å²) in [5, 5.41) is 0. The number of hydrogen-bond acceptors (Lipinski definition) is 3. The lowest BCUT2D eigenvalue weighted by atomic mass is 10.3. The van der Waals surface area contributed by atoms with Gasteiger partial charge >= 0.3 is 0 Å². The molecule has 88 valence electrons. The van der Waals surface area contributed by atoms with Gasteiger partial charge in [0, 0.05) is 23.4 Å². The molecule has 2 rings (SSSR count). The summed E-state index contributed by atoms with van der Waals surface area (Å²) >= 11 is 3.37. The first-order valence-electron chi connectivity index (χ1n) is 5.20. The molecule has 0 bridgehead atoms. The van der Waals surface area contributed by atoms with Gasteiger partial charge in [0.25, 0.3) is 0 Å². The van der Waals surface area contributed by atoms with Crippen LogP contribution >= 0.6 is 15.9 Å². The Morgan fingerprint density at radius 2 is 1.82 bits per heavy atom. The molecule has 17 heavy (non-hydrogen) atoms. The number of anilines is 2. The highest BCUT2D eigenvalue weighted by atomic mass is 79.9. The zero-order chi connectivity index (χ0) is 12.3. The minimum atomic E-state index is 0.853. The fourth-order valence-electron chi connectivity index (χ4n) is 1.50. The van der Waals surface area contributed by atoms with E-state index in [4.69, 9.17) is 4.74 Å². The lowest BCUT2D eigenvalue weighted by molar-refractivity contribution is 0.415. The lowest BCUT2D eigenvalue weighted by Crippen LogP contribution is -2.10. The molecule has 0 saturated heterocycles. The second-order valence-electron chi connectivity index (χ2n) is 3.59. The van der Waals surface area contributed by atoms with E-state index in [-0.39, 0.29) is 0 Å². The Morgan fingerprint density at radius 1 is 1.12 bits per heavy atom. The molecule has 0 saturated carbocycles. The summed E-state index contributed by atoms with van der Waals surface area (Å²) < 4.78 is 6.11. The Balaban J connectivity index is 2.23. The molecule has 0 atom stereocenters. The van der Waals surface area contributed by atoms with E-state index in [9.17, 15) is 0 Å². The van der Waals surface area contributed by atoms with Crippen molar-refractivity contribution in [2.45, 2.75) is 0 Å². The predicted molar refractivity (Wildman–Crippen MR) is 73.0 cm³/mol. The summed E-state index contributed by atoms with van der Waals surface area (Å²) in [6.07, 6.45) is 1.79. The molecule has 0 aliphatic heterocycles. The quantitative estimate of drug-likeness (QED) is 0.864. The fourth-order valence-corrected chi connectivity index (χ4v) is 1.74. The number of aromatic nitrogens is 1. The first-order valence-corrected chi connectivity index (χ1v) is 5.99. The maximum atomic E-state index is 5.13. The molecule has 0 fully saturated rings. The van der Waals surface area contributed by atoms with Gasteiger partial charge in [0.2, 0.25) is 0 Å². The van der Waals surface area contributed by atoms with Gasteiger partial charge in [0.15, 0.2) is 0 Å². The Hall–Kier alpha value is -1.55. The van der Waals surface area contributed by atoms with Crippen molar-refractivity contribution < 1.29 is 4.74 Å². The smallest absolute Gasteiger partial charge is 0.132 e. The summed E-state index contributed by atoms with van der Waals surface area (Å²) in [4.78, 5) is 6.36. The first kappa shape index (κ1) is 11.9. The molecular formula is C13H13BrN2O. The predicted octanol–water partition coefficient (Wildman–Crippen LogP) is 3.62. The number of benzene rings is 1. The second kappa shape index (κ2) is 5.19. The minimum Gasteiger partial charge on any atom is -0.497 e. The van der Waals surface area contributed by atoms with E-state index in [0.29, 0.717) is 0 Å². The van der Waals surface area contributed by atoms with E-state index in [2.05, 4.69) is 20.9 Å². The topological polar surface area (TPSA) is 25.4 Å². The Morgan fingerprint density at radius 3 is 2.35 bits per heavy atom. The van der Waals surface area contributed by atoms with Crippen LogP contribution in [0.2, 0.25) is 0 Å². The van der Waals surface area contributed by atoms with Gasteiger partial charge in [-0.1, -0.05) is 0 Å². The van der Waals surface area contributed by atoms with Crippen LogP contribution in [0.25, 0.3) is 0 Å². The largest absolute Gasteiger partial charge is 0.497 e. The third kappa shape index (κ3) is 2.77. The highest BCUT2D eigenvalue weighted by molar-refractivity contribution is 9.10. The highest BCUT2D eigenvalue weighted by Gasteiger charge is 2.04. The van der Waals surface area contributed by atoms with Crippen LogP contribution in [0.4, 0.5) is 11.5 Å². The summed E-state index contributed by atoms with van der Waals surface area (Å²) in [6, 6.07) is 11.8. The number of hydrogen-bond donors (Lipinski definition) is 0. The van der Waals surface area contributed by atoms with Crippen LogP contribution in [0.1, 0.15) is 0 Å². The van der Waals surface area contributed by atoms with Crippen molar-refractivity contribution in [3.05, 3.63) is 47.1 Å².